The molecular weight excluding hydrogens is 283 g/mol. The summed E-state index contributed by atoms with van der Waals surface area (Å²) in [5, 5.41) is 0. The average molecular weight is 304 g/mol. The summed E-state index contributed by atoms with van der Waals surface area (Å²) in [6.45, 7) is 2.23. The first-order valence-corrected chi connectivity index (χ1v) is 7.04. The number of unbranched alkanes of at least 4 members (excludes halogenated alkanes) is 1. The first-order valence-electron chi connectivity index (χ1n) is 5.80. The Balaban J connectivity index is 2.12. The van der Waals surface area contributed by atoms with Crippen LogP contribution in [0.25, 0.3) is 0 Å². The van der Waals surface area contributed by atoms with E-state index in [2.05, 4.69) is 47.7 Å². The number of hydrogen-bond acceptors (Lipinski definition) is 0. The molecule has 14 heavy (non-hydrogen) atoms. The molecule has 80 valence electrons. The molecule has 0 aromatic rings. The standard InChI is InChI=1S/C13H21I/c1-2-3-4-5-6-7-12-8-10-13(14)11-9-12/h4-5,8,13H,2-3,6-7,9-11H2,1H3/b5-4-. The molecule has 0 aromatic carbocycles. The van der Waals surface area contributed by atoms with Crippen LogP contribution in [0.3, 0.4) is 0 Å². The molecule has 1 atom stereocenters. The van der Waals surface area contributed by atoms with Crippen LogP contribution in [0.4, 0.5) is 0 Å². The third-order valence-corrected chi connectivity index (χ3v) is 3.83. The van der Waals surface area contributed by atoms with Gasteiger partial charge in [0.1, 0.15) is 0 Å². The van der Waals surface area contributed by atoms with Gasteiger partial charge in [-0.05, 0) is 38.5 Å². The highest BCUT2D eigenvalue weighted by molar-refractivity contribution is 14.1. The fourth-order valence-corrected chi connectivity index (χ4v) is 2.32. The molecule has 0 amide bonds. The first kappa shape index (κ1) is 12.3. The van der Waals surface area contributed by atoms with Gasteiger partial charge < -0.3 is 0 Å². The SMILES string of the molecule is CCC/C=C\CCC1=CCC(I)CC1. The minimum atomic E-state index is 0.895. The van der Waals surface area contributed by atoms with E-state index in [-0.39, 0.29) is 0 Å². The number of halogens is 1. The molecule has 0 heterocycles. The molecule has 1 aliphatic rings. The molecule has 0 saturated carbocycles. The monoisotopic (exact) mass is 304 g/mol. The molecule has 0 nitrogen and oxygen atoms in total. The Morgan fingerprint density at radius 3 is 2.86 bits per heavy atom. The topological polar surface area (TPSA) is 0 Å². The van der Waals surface area contributed by atoms with Crippen LogP contribution in [0.5, 0.6) is 0 Å². The highest BCUT2D eigenvalue weighted by Gasteiger charge is 2.09. The van der Waals surface area contributed by atoms with E-state index in [0.717, 1.165) is 3.92 Å². The van der Waals surface area contributed by atoms with Crippen molar-refractivity contribution in [2.24, 2.45) is 0 Å². The van der Waals surface area contributed by atoms with Crippen molar-refractivity contribution in [3.8, 4) is 0 Å². The predicted molar refractivity (Wildman–Crippen MR) is 73.0 cm³/mol. The van der Waals surface area contributed by atoms with Crippen LogP contribution in [-0.4, -0.2) is 3.92 Å². The summed E-state index contributed by atoms with van der Waals surface area (Å²) in [6, 6.07) is 0. The lowest BCUT2D eigenvalue weighted by Gasteiger charge is -2.16. The molecule has 0 spiro atoms. The molecular formula is C13H21I. The summed E-state index contributed by atoms with van der Waals surface area (Å²) in [5.41, 5.74) is 1.69. The van der Waals surface area contributed by atoms with Crippen LogP contribution >= 0.6 is 22.6 Å². The number of allylic oxidation sites excluding steroid dienone is 4. The van der Waals surface area contributed by atoms with E-state index in [1.54, 1.807) is 5.57 Å². The zero-order chi connectivity index (χ0) is 10.2. The van der Waals surface area contributed by atoms with Crippen LogP contribution < -0.4 is 0 Å². The number of rotatable bonds is 5. The fourth-order valence-electron chi connectivity index (χ4n) is 1.75. The lowest BCUT2D eigenvalue weighted by Crippen LogP contribution is -2.03. The van der Waals surface area contributed by atoms with E-state index in [1.807, 2.05) is 0 Å². The molecule has 0 N–H and O–H groups in total. The Morgan fingerprint density at radius 2 is 2.21 bits per heavy atom. The molecule has 0 aromatic heterocycles. The second-order valence-electron chi connectivity index (χ2n) is 4.03. The molecule has 1 unspecified atom stereocenters. The third kappa shape index (κ3) is 5.18. The molecule has 0 saturated heterocycles. The van der Waals surface area contributed by atoms with Crippen LogP contribution in [0.1, 0.15) is 51.9 Å². The molecule has 0 aliphatic heterocycles. The van der Waals surface area contributed by atoms with Crippen molar-refractivity contribution in [3.63, 3.8) is 0 Å². The van der Waals surface area contributed by atoms with Crippen LogP contribution in [0.15, 0.2) is 23.8 Å². The third-order valence-electron chi connectivity index (χ3n) is 2.70. The Kier molecular flexibility index (Phi) is 6.57. The molecule has 0 bridgehead atoms. The maximum Gasteiger partial charge on any atom is 0.0147 e. The van der Waals surface area contributed by atoms with Gasteiger partial charge in [-0.25, -0.2) is 0 Å². The van der Waals surface area contributed by atoms with E-state index in [0.29, 0.717) is 0 Å². The zero-order valence-electron chi connectivity index (χ0n) is 9.14. The van der Waals surface area contributed by atoms with E-state index in [9.17, 15) is 0 Å². The van der Waals surface area contributed by atoms with Gasteiger partial charge in [0.05, 0.1) is 0 Å². The van der Waals surface area contributed by atoms with E-state index < -0.39 is 0 Å². The van der Waals surface area contributed by atoms with Crippen LogP contribution in [-0.2, 0) is 0 Å². The summed E-state index contributed by atoms with van der Waals surface area (Å²) in [6.07, 6.45) is 16.2. The van der Waals surface area contributed by atoms with Crippen molar-refractivity contribution in [1.29, 1.82) is 0 Å². The van der Waals surface area contributed by atoms with E-state index in [1.165, 1.54) is 44.9 Å². The first-order chi connectivity index (χ1) is 6.83. The zero-order valence-corrected chi connectivity index (χ0v) is 11.3. The molecule has 1 rings (SSSR count). The summed E-state index contributed by atoms with van der Waals surface area (Å²) in [5.74, 6) is 0. The second kappa shape index (κ2) is 7.49. The largest absolute Gasteiger partial charge is 0.0885 e. The van der Waals surface area contributed by atoms with Crippen molar-refractivity contribution >= 4 is 22.6 Å². The lowest BCUT2D eigenvalue weighted by molar-refractivity contribution is 0.706. The lowest BCUT2D eigenvalue weighted by atomic mass is 9.96. The van der Waals surface area contributed by atoms with Gasteiger partial charge in [0, 0.05) is 3.92 Å². The van der Waals surface area contributed by atoms with Gasteiger partial charge in [0.25, 0.3) is 0 Å². The Hall–Kier alpha value is 0.210. The van der Waals surface area contributed by atoms with Gasteiger partial charge in [-0.3, -0.25) is 0 Å². The minimum absolute atomic E-state index is 0.895. The smallest absolute Gasteiger partial charge is 0.0147 e. The van der Waals surface area contributed by atoms with E-state index >= 15 is 0 Å². The maximum absolute atomic E-state index is 2.56. The van der Waals surface area contributed by atoms with E-state index in [4.69, 9.17) is 0 Å². The molecule has 1 aliphatic carbocycles. The highest BCUT2D eigenvalue weighted by atomic mass is 127. The van der Waals surface area contributed by atoms with Gasteiger partial charge in [0.15, 0.2) is 0 Å². The van der Waals surface area contributed by atoms with Crippen molar-refractivity contribution in [1.82, 2.24) is 0 Å². The molecule has 0 fully saturated rings. The summed E-state index contributed by atoms with van der Waals surface area (Å²) >= 11 is 2.56. The van der Waals surface area contributed by atoms with Crippen LogP contribution in [0.2, 0.25) is 0 Å². The summed E-state index contributed by atoms with van der Waals surface area (Å²) in [4.78, 5) is 0. The van der Waals surface area contributed by atoms with Crippen molar-refractivity contribution in [3.05, 3.63) is 23.8 Å². The quantitative estimate of drug-likeness (QED) is 0.379. The number of alkyl halides is 1. The summed E-state index contributed by atoms with van der Waals surface area (Å²) in [7, 11) is 0. The van der Waals surface area contributed by atoms with Crippen LogP contribution in [0, 0.1) is 0 Å². The van der Waals surface area contributed by atoms with Gasteiger partial charge in [0.2, 0.25) is 0 Å². The average Bonchev–Trinajstić information content (AvgIpc) is 2.21. The van der Waals surface area contributed by atoms with Gasteiger partial charge in [-0.15, -0.1) is 0 Å². The fraction of sp³-hybridized carbons (Fsp3) is 0.692. The van der Waals surface area contributed by atoms with Crippen molar-refractivity contribution in [2.45, 2.75) is 55.8 Å². The van der Waals surface area contributed by atoms with Gasteiger partial charge in [-0.2, -0.15) is 0 Å². The second-order valence-corrected chi connectivity index (χ2v) is 5.79. The Morgan fingerprint density at radius 1 is 1.43 bits per heavy atom. The number of hydrogen-bond donors (Lipinski definition) is 0. The maximum atomic E-state index is 2.56. The Bertz CT molecular complexity index is 203. The van der Waals surface area contributed by atoms with Crippen molar-refractivity contribution < 1.29 is 0 Å². The minimum Gasteiger partial charge on any atom is -0.0885 e. The normalized spacial score (nSPS) is 22.7. The Labute approximate surface area is 102 Å². The predicted octanol–water partition coefficient (Wildman–Crippen LogP) is 5.04. The molecule has 1 heteroatoms. The van der Waals surface area contributed by atoms with Crippen molar-refractivity contribution in [2.75, 3.05) is 0 Å². The van der Waals surface area contributed by atoms with Gasteiger partial charge in [-0.1, -0.05) is 59.7 Å². The molecule has 0 radical (unpaired) electrons. The summed E-state index contributed by atoms with van der Waals surface area (Å²) < 4.78 is 0.895. The van der Waals surface area contributed by atoms with Gasteiger partial charge >= 0.3 is 0 Å². The highest BCUT2D eigenvalue weighted by Crippen LogP contribution is 2.26.